The van der Waals surface area contributed by atoms with Crippen molar-refractivity contribution in [3.63, 3.8) is 0 Å². The first-order chi connectivity index (χ1) is 15.5. The van der Waals surface area contributed by atoms with E-state index >= 15 is 0 Å². The summed E-state index contributed by atoms with van der Waals surface area (Å²) in [4.78, 5) is 19.7. The monoisotopic (exact) mass is 434 g/mol. The second kappa shape index (κ2) is 10.1. The molecule has 2 aliphatic rings. The Labute approximate surface area is 190 Å². The van der Waals surface area contributed by atoms with Crippen molar-refractivity contribution in [2.75, 3.05) is 25.4 Å². The molecule has 0 saturated carbocycles. The fourth-order valence-corrected chi connectivity index (χ4v) is 4.62. The van der Waals surface area contributed by atoms with Gasteiger partial charge >= 0.3 is 0 Å². The van der Waals surface area contributed by atoms with E-state index in [0.717, 1.165) is 55.9 Å². The number of nitrogens with two attached hydrogens (primary N) is 1. The molecular formula is C25H34N6O. The molecule has 0 aliphatic carbocycles. The Morgan fingerprint density at radius 2 is 2.00 bits per heavy atom. The summed E-state index contributed by atoms with van der Waals surface area (Å²) in [6.45, 7) is 7.08. The lowest BCUT2D eigenvalue weighted by Gasteiger charge is -2.42. The van der Waals surface area contributed by atoms with Crippen molar-refractivity contribution < 1.29 is 4.79 Å². The Balaban J connectivity index is 1.43. The number of benzene rings is 1. The number of nitrogens with one attached hydrogen (secondary N) is 1. The predicted molar refractivity (Wildman–Crippen MR) is 128 cm³/mol. The number of nitrogen functional groups attached to an aromatic ring is 1. The molecule has 170 valence electrons. The topological polar surface area (TPSA) is 86.8 Å². The van der Waals surface area contributed by atoms with Crippen LogP contribution in [0.25, 0.3) is 0 Å². The minimum Gasteiger partial charge on any atom is -0.384 e. The van der Waals surface area contributed by atoms with Crippen LogP contribution in [0.5, 0.6) is 0 Å². The predicted octanol–water partition coefficient (Wildman–Crippen LogP) is 2.95. The standard InChI is InChI=1S/C25H34N6O/c1-18(14-20-8-4-3-5-9-20)15-27-16-24-29-31(17-21-11-12-23(26)28-19(21)2)25(32)22-10-6-7-13-30(22)24/h3-5,8-9,11-12,18,22,27H,6-7,10,13-17H2,1-2H3,(H2,26,28). The summed E-state index contributed by atoms with van der Waals surface area (Å²) in [7, 11) is 0. The molecule has 4 rings (SSSR count). The fourth-order valence-electron chi connectivity index (χ4n) is 4.62. The fraction of sp³-hybridized carbons (Fsp3) is 0.480. The van der Waals surface area contributed by atoms with Gasteiger partial charge in [0.25, 0.3) is 5.91 Å². The number of hydrazone groups is 1. The van der Waals surface area contributed by atoms with Crippen molar-refractivity contribution in [1.82, 2.24) is 20.2 Å². The summed E-state index contributed by atoms with van der Waals surface area (Å²) in [6, 6.07) is 14.2. The number of pyridine rings is 1. The van der Waals surface area contributed by atoms with Gasteiger partial charge in [-0.1, -0.05) is 43.3 Å². The maximum Gasteiger partial charge on any atom is 0.265 e. The van der Waals surface area contributed by atoms with E-state index in [-0.39, 0.29) is 11.9 Å². The number of hydrogen-bond acceptors (Lipinski definition) is 6. The van der Waals surface area contributed by atoms with Gasteiger partial charge < -0.3 is 16.0 Å². The molecule has 7 nitrogen and oxygen atoms in total. The number of aryl methyl sites for hydroxylation is 1. The molecule has 1 fully saturated rings. The minimum absolute atomic E-state index is 0.0853. The van der Waals surface area contributed by atoms with Crippen LogP contribution in [-0.2, 0) is 17.8 Å². The van der Waals surface area contributed by atoms with E-state index in [9.17, 15) is 4.79 Å². The highest BCUT2D eigenvalue weighted by atomic mass is 16.2. The Kier molecular flexibility index (Phi) is 7.05. The number of fused-ring (bicyclic) bond motifs is 1. The van der Waals surface area contributed by atoms with Crippen molar-refractivity contribution in [3.8, 4) is 0 Å². The van der Waals surface area contributed by atoms with Gasteiger partial charge in [0.1, 0.15) is 17.7 Å². The number of amidine groups is 1. The van der Waals surface area contributed by atoms with Crippen LogP contribution in [0.1, 0.15) is 43.0 Å². The Bertz CT molecular complexity index is 960. The SMILES string of the molecule is Cc1nc(N)ccc1CN1N=C(CNCC(C)Cc2ccccc2)N2CCCCC2C1=O. The number of aromatic nitrogens is 1. The molecule has 7 heteroatoms. The van der Waals surface area contributed by atoms with Gasteiger partial charge in [-0.05, 0) is 62.3 Å². The number of anilines is 1. The van der Waals surface area contributed by atoms with Crippen molar-refractivity contribution >= 4 is 17.6 Å². The number of hydrogen-bond donors (Lipinski definition) is 2. The normalized spacial score (nSPS) is 19.5. The molecule has 0 radical (unpaired) electrons. The maximum atomic E-state index is 13.2. The Morgan fingerprint density at radius 1 is 1.19 bits per heavy atom. The highest BCUT2D eigenvalue weighted by Crippen LogP contribution is 2.25. The third-order valence-corrected chi connectivity index (χ3v) is 6.35. The summed E-state index contributed by atoms with van der Waals surface area (Å²) in [5, 5.41) is 10.0. The minimum atomic E-state index is -0.109. The zero-order chi connectivity index (χ0) is 22.5. The van der Waals surface area contributed by atoms with Gasteiger partial charge in [-0.2, -0.15) is 5.10 Å². The van der Waals surface area contributed by atoms with Crippen molar-refractivity contribution in [3.05, 3.63) is 59.3 Å². The lowest BCUT2D eigenvalue weighted by molar-refractivity contribution is -0.139. The summed E-state index contributed by atoms with van der Waals surface area (Å²) in [6.07, 6.45) is 4.12. The molecule has 2 atom stereocenters. The Hall–Kier alpha value is -2.93. The average molecular weight is 435 g/mol. The van der Waals surface area contributed by atoms with Gasteiger partial charge in [-0.25, -0.2) is 9.99 Å². The second-order valence-electron chi connectivity index (χ2n) is 9.02. The molecule has 32 heavy (non-hydrogen) atoms. The number of piperidine rings is 1. The van der Waals surface area contributed by atoms with Gasteiger partial charge in [0.2, 0.25) is 0 Å². The molecule has 1 aromatic heterocycles. The van der Waals surface area contributed by atoms with Crippen LogP contribution in [0.2, 0.25) is 0 Å². The largest absolute Gasteiger partial charge is 0.384 e. The maximum absolute atomic E-state index is 13.2. The second-order valence-corrected chi connectivity index (χ2v) is 9.02. The summed E-state index contributed by atoms with van der Waals surface area (Å²) < 4.78 is 0. The van der Waals surface area contributed by atoms with E-state index in [1.165, 1.54) is 5.56 Å². The molecule has 0 spiro atoms. The molecule has 1 saturated heterocycles. The van der Waals surface area contributed by atoms with E-state index in [0.29, 0.717) is 24.8 Å². The first kappa shape index (κ1) is 22.3. The first-order valence-electron chi connectivity index (χ1n) is 11.6. The van der Waals surface area contributed by atoms with Gasteiger partial charge in [-0.3, -0.25) is 4.79 Å². The quantitative estimate of drug-likeness (QED) is 0.667. The zero-order valence-electron chi connectivity index (χ0n) is 19.1. The van der Waals surface area contributed by atoms with Crippen LogP contribution in [0, 0.1) is 12.8 Å². The molecule has 2 unspecified atom stereocenters. The van der Waals surface area contributed by atoms with Crippen molar-refractivity contribution in [2.45, 2.75) is 52.1 Å². The molecule has 2 aliphatic heterocycles. The van der Waals surface area contributed by atoms with Crippen LogP contribution in [0.4, 0.5) is 5.82 Å². The number of rotatable bonds is 8. The number of carbonyl (C=O) groups excluding carboxylic acids is 1. The van der Waals surface area contributed by atoms with Gasteiger partial charge in [0.15, 0.2) is 0 Å². The molecule has 2 aromatic rings. The number of amides is 1. The van der Waals surface area contributed by atoms with E-state index < -0.39 is 0 Å². The van der Waals surface area contributed by atoms with Crippen LogP contribution >= 0.6 is 0 Å². The van der Waals surface area contributed by atoms with E-state index in [2.05, 4.69) is 52.5 Å². The summed E-state index contributed by atoms with van der Waals surface area (Å²) in [5.74, 6) is 2.05. The van der Waals surface area contributed by atoms with Crippen LogP contribution in [0.15, 0.2) is 47.6 Å². The van der Waals surface area contributed by atoms with Crippen molar-refractivity contribution in [1.29, 1.82) is 0 Å². The molecule has 1 aromatic carbocycles. The van der Waals surface area contributed by atoms with Crippen LogP contribution < -0.4 is 11.1 Å². The van der Waals surface area contributed by atoms with E-state index in [1.807, 2.05) is 13.0 Å². The van der Waals surface area contributed by atoms with Crippen LogP contribution in [-0.4, -0.2) is 52.3 Å². The molecule has 3 N–H and O–H groups in total. The lowest BCUT2D eigenvalue weighted by atomic mass is 9.99. The molecule has 1 amide bonds. The van der Waals surface area contributed by atoms with Crippen molar-refractivity contribution in [2.24, 2.45) is 11.0 Å². The summed E-state index contributed by atoms with van der Waals surface area (Å²) in [5.41, 5.74) is 8.97. The van der Waals surface area contributed by atoms with Crippen LogP contribution in [0.3, 0.4) is 0 Å². The summed E-state index contributed by atoms with van der Waals surface area (Å²) >= 11 is 0. The zero-order valence-corrected chi connectivity index (χ0v) is 19.1. The van der Waals surface area contributed by atoms with Gasteiger partial charge in [-0.15, -0.1) is 0 Å². The van der Waals surface area contributed by atoms with E-state index in [1.54, 1.807) is 11.1 Å². The highest BCUT2D eigenvalue weighted by Gasteiger charge is 2.38. The molecular weight excluding hydrogens is 400 g/mol. The third-order valence-electron chi connectivity index (χ3n) is 6.35. The van der Waals surface area contributed by atoms with Gasteiger partial charge in [0.05, 0.1) is 13.1 Å². The third kappa shape index (κ3) is 5.27. The molecule has 3 heterocycles. The first-order valence-corrected chi connectivity index (χ1v) is 11.6. The smallest absolute Gasteiger partial charge is 0.265 e. The number of carbonyl (C=O) groups is 1. The lowest BCUT2D eigenvalue weighted by Crippen LogP contribution is -2.58. The number of nitrogens with zero attached hydrogens (tertiary/aromatic N) is 4. The average Bonchev–Trinajstić information content (AvgIpc) is 2.79. The highest BCUT2D eigenvalue weighted by molar-refractivity contribution is 5.95. The molecule has 0 bridgehead atoms. The van der Waals surface area contributed by atoms with Gasteiger partial charge in [0, 0.05) is 12.2 Å². The Morgan fingerprint density at radius 3 is 2.78 bits per heavy atom. The van der Waals surface area contributed by atoms with E-state index in [4.69, 9.17) is 10.8 Å².